The zero-order valence-electron chi connectivity index (χ0n) is 33.9. The minimum absolute atomic E-state index is 0.0332. The molecule has 0 saturated carbocycles. The van der Waals surface area contributed by atoms with E-state index in [9.17, 15) is 0 Å². The van der Waals surface area contributed by atoms with Crippen LogP contribution in [0.15, 0.2) is 156 Å². The van der Waals surface area contributed by atoms with Crippen LogP contribution in [0.2, 0.25) is 0 Å². The average Bonchev–Trinajstić information content (AvgIpc) is 3.81. The van der Waals surface area contributed by atoms with Crippen LogP contribution >= 0.6 is 11.3 Å². The number of benzene rings is 7. The van der Waals surface area contributed by atoms with E-state index in [-0.39, 0.29) is 55.7 Å². The third-order valence-electron chi connectivity index (χ3n) is 8.47. The van der Waals surface area contributed by atoms with Gasteiger partial charge in [-0.25, -0.2) is 15.0 Å². The third kappa shape index (κ3) is 4.33. The molecule has 5 heteroatoms. The molecular weight excluding hydrogens is 607 g/mol. The molecule has 3 aromatic heterocycles. The van der Waals surface area contributed by atoms with E-state index in [0.29, 0.717) is 11.1 Å². The molecule has 0 aliphatic rings. The lowest BCUT2D eigenvalue weighted by molar-refractivity contribution is 0.673. The van der Waals surface area contributed by atoms with Gasteiger partial charge in [-0.3, -0.25) is 0 Å². The number of hydrogen-bond donors (Lipinski definition) is 0. The van der Waals surface area contributed by atoms with Crippen molar-refractivity contribution >= 4 is 64.2 Å². The number of fused-ring (bicyclic) bond motifs is 8. The quantitative estimate of drug-likeness (QED) is 0.192. The second kappa shape index (κ2) is 10.7. The Labute approximate surface area is 292 Å². The van der Waals surface area contributed by atoms with Crippen LogP contribution in [-0.4, -0.2) is 15.0 Å². The van der Waals surface area contributed by atoms with Crippen LogP contribution in [0.25, 0.3) is 98.2 Å². The SMILES string of the molecule is [2H]c1c([2H])c([2H])c2c(oc3c4c([2H])c([2H])c([2H])c([2H])c4c([2H])c([2H])c32)c1-c1nc(-c2ccccc2)nc(-c2ccc3c(c2)sc2cc(-c4ccccc4)ccc23)n1. The molecular formula is C43H25N3OS. The van der Waals surface area contributed by atoms with Crippen LogP contribution in [0, 0.1) is 0 Å². The molecule has 10 rings (SSSR count). The molecule has 0 atom stereocenters. The molecule has 10 aromatic rings. The Balaban J connectivity index is 1.24. The molecule has 0 unspecified atom stereocenters. The minimum Gasteiger partial charge on any atom is -0.455 e. The van der Waals surface area contributed by atoms with Crippen molar-refractivity contribution in [1.82, 2.24) is 15.0 Å². The normalized spacial score (nSPS) is 14.4. The topological polar surface area (TPSA) is 51.8 Å². The first-order chi connectivity index (χ1) is 27.5. The van der Waals surface area contributed by atoms with Gasteiger partial charge in [0.05, 0.1) is 17.9 Å². The highest BCUT2D eigenvalue weighted by molar-refractivity contribution is 7.25. The number of aromatic nitrogens is 3. The molecule has 48 heavy (non-hydrogen) atoms. The Morgan fingerprint density at radius 3 is 1.88 bits per heavy atom. The number of furan rings is 1. The fraction of sp³-hybridized carbons (Fsp3) is 0. The van der Waals surface area contributed by atoms with E-state index in [1.54, 1.807) is 11.3 Å². The number of para-hydroxylation sites is 1. The Morgan fingerprint density at radius 1 is 0.458 bits per heavy atom. The van der Waals surface area contributed by atoms with Gasteiger partial charge in [-0.05, 0) is 40.7 Å². The summed E-state index contributed by atoms with van der Waals surface area (Å²) in [5, 5.41) is 1.72. The van der Waals surface area contributed by atoms with Crippen molar-refractivity contribution in [3.63, 3.8) is 0 Å². The summed E-state index contributed by atoms with van der Waals surface area (Å²) in [6, 6.07) is 27.5. The van der Waals surface area contributed by atoms with Crippen molar-refractivity contribution in [2.24, 2.45) is 0 Å². The van der Waals surface area contributed by atoms with Crippen molar-refractivity contribution in [3.05, 3.63) is 151 Å². The van der Waals surface area contributed by atoms with Crippen molar-refractivity contribution in [3.8, 4) is 45.3 Å². The van der Waals surface area contributed by atoms with Crippen LogP contribution in [0.5, 0.6) is 0 Å². The van der Waals surface area contributed by atoms with E-state index >= 15 is 0 Å². The molecule has 0 radical (unpaired) electrons. The summed E-state index contributed by atoms with van der Waals surface area (Å²) >= 11 is 1.65. The fourth-order valence-electron chi connectivity index (χ4n) is 6.15. The maximum Gasteiger partial charge on any atom is 0.167 e. The molecule has 0 saturated heterocycles. The monoisotopic (exact) mass is 640 g/mol. The summed E-state index contributed by atoms with van der Waals surface area (Å²) in [5.41, 5.74) is 3.24. The number of hydrogen-bond acceptors (Lipinski definition) is 5. The number of rotatable bonds is 4. The smallest absolute Gasteiger partial charge is 0.167 e. The third-order valence-corrected chi connectivity index (χ3v) is 9.58. The second-order valence-electron chi connectivity index (χ2n) is 11.3. The van der Waals surface area contributed by atoms with Crippen molar-refractivity contribution in [1.29, 1.82) is 0 Å². The van der Waals surface area contributed by atoms with Gasteiger partial charge in [0.25, 0.3) is 0 Å². The van der Waals surface area contributed by atoms with Gasteiger partial charge in [0, 0.05) is 47.5 Å². The summed E-state index contributed by atoms with van der Waals surface area (Å²) in [4.78, 5) is 14.6. The molecule has 0 N–H and O–H groups in total. The van der Waals surface area contributed by atoms with Crippen molar-refractivity contribution in [2.45, 2.75) is 0 Å². The summed E-state index contributed by atoms with van der Waals surface area (Å²) in [7, 11) is 0. The van der Waals surface area contributed by atoms with Crippen molar-refractivity contribution < 1.29 is 16.8 Å². The zero-order chi connectivity index (χ0) is 39.4. The van der Waals surface area contributed by atoms with Gasteiger partial charge in [-0.15, -0.1) is 11.3 Å². The summed E-state index contributed by atoms with van der Waals surface area (Å²) < 4.78 is 87.2. The highest BCUT2D eigenvalue weighted by Gasteiger charge is 2.19. The Kier molecular flexibility index (Phi) is 4.34. The molecule has 4 nitrogen and oxygen atoms in total. The molecule has 3 heterocycles. The highest BCUT2D eigenvalue weighted by Crippen LogP contribution is 2.40. The minimum atomic E-state index is -0.559. The van der Waals surface area contributed by atoms with Crippen LogP contribution < -0.4 is 0 Å². The zero-order valence-corrected chi connectivity index (χ0v) is 25.7. The molecule has 0 spiro atoms. The first-order valence-electron chi connectivity index (χ1n) is 19.7. The van der Waals surface area contributed by atoms with Crippen LogP contribution in [0.1, 0.15) is 12.3 Å². The lowest BCUT2D eigenvalue weighted by atomic mass is 10.0. The van der Waals surface area contributed by atoms with Gasteiger partial charge < -0.3 is 4.42 Å². The number of thiophene rings is 1. The van der Waals surface area contributed by atoms with E-state index < -0.39 is 54.4 Å². The molecule has 0 bridgehead atoms. The van der Waals surface area contributed by atoms with Gasteiger partial charge in [-0.2, -0.15) is 0 Å². The van der Waals surface area contributed by atoms with Crippen LogP contribution in [0.3, 0.4) is 0 Å². The summed E-state index contributed by atoms with van der Waals surface area (Å²) in [6.07, 6.45) is 0. The lowest BCUT2D eigenvalue weighted by Crippen LogP contribution is -2.00. The molecule has 0 fully saturated rings. The standard InChI is InChI=1S/C43H25N3OS/c1-3-10-26(11-4-1)29-19-21-32-33-22-20-30(25-38(33)48-37(32)24-29)42-44-41(28-13-5-2-6-14-28)45-43(46-42)36-17-9-16-34-35-23-18-27-12-7-8-15-31(27)39(35)47-40(34)36/h1-25H/i7D,8D,9D,12D,15D,16D,17D,18D,23D. The molecule has 7 aromatic carbocycles. The van der Waals surface area contributed by atoms with Crippen LogP contribution in [-0.2, 0) is 0 Å². The first kappa shape index (κ1) is 19.5. The summed E-state index contributed by atoms with van der Waals surface area (Å²) in [5.74, 6) is 0.524. The predicted octanol–water partition coefficient (Wildman–Crippen LogP) is 12.0. The maximum absolute atomic E-state index is 9.15. The van der Waals surface area contributed by atoms with Gasteiger partial charge in [0.15, 0.2) is 17.5 Å². The fourth-order valence-corrected chi connectivity index (χ4v) is 7.34. The first-order valence-corrected chi connectivity index (χ1v) is 16.0. The van der Waals surface area contributed by atoms with E-state index in [1.807, 2.05) is 66.7 Å². The van der Waals surface area contributed by atoms with E-state index in [1.165, 1.54) is 0 Å². The molecule has 0 aliphatic carbocycles. The van der Waals surface area contributed by atoms with Gasteiger partial charge in [0.2, 0.25) is 0 Å². The van der Waals surface area contributed by atoms with Gasteiger partial charge in [-0.1, -0.05) is 127 Å². The summed E-state index contributed by atoms with van der Waals surface area (Å²) in [6.45, 7) is 0. The van der Waals surface area contributed by atoms with E-state index in [4.69, 9.17) is 31.7 Å². The average molecular weight is 641 g/mol. The Bertz CT molecular complexity index is 3350. The highest BCUT2D eigenvalue weighted by atomic mass is 32.1. The van der Waals surface area contributed by atoms with Gasteiger partial charge in [0.1, 0.15) is 11.2 Å². The number of nitrogens with zero attached hydrogens (tertiary/aromatic N) is 3. The van der Waals surface area contributed by atoms with E-state index in [0.717, 1.165) is 31.3 Å². The van der Waals surface area contributed by atoms with Gasteiger partial charge >= 0.3 is 0 Å². The molecule has 0 amide bonds. The molecule has 224 valence electrons. The second-order valence-corrected chi connectivity index (χ2v) is 12.4. The maximum atomic E-state index is 9.15. The Hall–Kier alpha value is -6.17. The molecule has 0 aliphatic heterocycles. The van der Waals surface area contributed by atoms with E-state index in [2.05, 4.69) is 30.3 Å². The van der Waals surface area contributed by atoms with Crippen LogP contribution in [0.4, 0.5) is 0 Å². The Morgan fingerprint density at radius 2 is 1.08 bits per heavy atom. The predicted molar refractivity (Wildman–Crippen MR) is 199 cm³/mol. The van der Waals surface area contributed by atoms with Crippen molar-refractivity contribution in [2.75, 3.05) is 0 Å². The largest absolute Gasteiger partial charge is 0.455 e. The lowest BCUT2D eigenvalue weighted by Gasteiger charge is -2.09.